The summed E-state index contributed by atoms with van der Waals surface area (Å²) in [6.07, 6.45) is 2.09. The molecular weight excluding hydrogens is 154 g/mol. The Kier molecular flexibility index (Phi) is 3.53. The molecule has 0 amide bonds. The summed E-state index contributed by atoms with van der Waals surface area (Å²) in [6.45, 7) is 6.41. The van der Waals surface area contributed by atoms with Crippen molar-refractivity contribution in [1.29, 1.82) is 0 Å². The number of likely N-dealkylation sites (N-methyl/N-ethyl adjacent to an activating group) is 1. The van der Waals surface area contributed by atoms with Gasteiger partial charge in [0.1, 0.15) is 6.04 Å². The van der Waals surface area contributed by atoms with Crippen molar-refractivity contribution >= 4 is 5.97 Å². The van der Waals surface area contributed by atoms with Crippen LogP contribution >= 0.6 is 0 Å². The third-order valence-electron chi connectivity index (χ3n) is 2.33. The van der Waals surface area contributed by atoms with E-state index in [-0.39, 0.29) is 12.0 Å². The molecule has 0 spiro atoms. The van der Waals surface area contributed by atoms with E-state index in [1.165, 1.54) is 0 Å². The summed E-state index contributed by atoms with van der Waals surface area (Å²) in [5, 5.41) is 0. The Hall–Kier alpha value is -0.570. The fourth-order valence-electron chi connectivity index (χ4n) is 1.71. The Labute approximate surface area is 73.7 Å². The predicted molar refractivity (Wildman–Crippen MR) is 46.9 cm³/mol. The molecule has 0 bridgehead atoms. The lowest BCUT2D eigenvalue weighted by molar-refractivity contribution is -0.148. The van der Waals surface area contributed by atoms with Crippen LogP contribution in [0.25, 0.3) is 0 Å². The quantitative estimate of drug-likeness (QED) is 0.594. The highest BCUT2D eigenvalue weighted by Gasteiger charge is 2.30. The largest absolute Gasteiger partial charge is 0.465 e. The lowest BCUT2D eigenvalue weighted by Crippen LogP contribution is -2.37. The molecule has 0 aromatic rings. The molecule has 70 valence electrons. The van der Waals surface area contributed by atoms with Gasteiger partial charge in [0.05, 0.1) is 6.61 Å². The minimum Gasteiger partial charge on any atom is -0.465 e. The van der Waals surface area contributed by atoms with Gasteiger partial charge in [-0.25, -0.2) is 0 Å². The third-order valence-corrected chi connectivity index (χ3v) is 2.33. The molecule has 0 aliphatic carbocycles. The van der Waals surface area contributed by atoms with Crippen molar-refractivity contribution in [3.8, 4) is 0 Å². The molecule has 0 N–H and O–H groups in total. The van der Waals surface area contributed by atoms with Gasteiger partial charge in [-0.3, -0.25) is 9.69 Å². The van der Waals surface area contributed by atoms with Crippen molar-refractivity contribution in [2.24, 2.45) is 0 Å². The van der Waals surface area contributed by atoms with Crippen LogP contribution in [0.3, 0.4) is 0 Å². The maximum absolute atomic E-state index is 11.4. The monoisotopic (exact) mass is 171 g/mol. The number of carbonyl (C=O) groups is 1. The van der Waals surface area contributed by atoms with Crippen molar-refractivity contribution in [1.82, 2.24) is 4.90 Å². The summed E-state index contributed by atoms with van der Waals surface area (Å²) in [7, 11) is 0. The van der Waals surface area contributed by atoms with Gasteiger partial charge in [-0.2, -0.15) is 0 Å². The van der Waals surface area contributed by atoms with E-state index in [1.54, 1.807) is 0 Å². The van der Waals surface area contributed by atoms with Crippen LogP contribution in [-0.4, -0.2) is 36.6 Å². The lowest BCUT2D eigenvalue weighted by Gasteiger charge is -2.20. The molecule has 1 aliphatic heterocycles. The van der Waals surface area contributed by atoms with Crippen LogP contribution < -0.4 is 0 Å². The smallest absolute Gasteiger partial charge is 0.323 e. The zero-order valence-electron chi connectivity index (χ0n) is 7.88. The molecule has 0 saturated carbocycles. The summed E-state index contributed by atoms with van der Waals surface area (Å²) >= 11 is 0. The number of hydrogen-bond donors (Lipinski definition) is 0. The van der Waals surface area contributed by atoms with Gasteiger partial charge in [-0.15, -0.1) is 0 Å². The molecule has 3 nitrogen and oxygen atoms in total. The van der Waals surface area contributed by atoms with Crippen molar-refractivity contribution in [3.05, 3.63) is 0 Å². The normalized spacial score (nSPS) is 24.3. The lowest BCUT2D eigenvalue weighted by atomic mass is 10.2. The van der Waals surface area contributed by atoms with Crippen LogP contribution in [0.5, 0.6) is 0 Å². The van der Waals surface area contributed by atoms with E-state index in [9.17, 15) is 4.79 Å². The molecule has 1 heterocycles. The number of carbonyl (C=O) groups excluding carboxylic acids is 1. The van der Waals surface area contributed by atoms with Crippen molar-refractivity contribution in [2.75, 3.05) is 19.7 Å². The molecule has 0 radical (unpaired) electrons. The van der Waals surface area contributed by atoms with Gasteiger partial charge >= 0.3 is 5.97 Å². The first-order valence-electron chi connectivity index (χ1n) is 4.70. The van der Waals surface area contributed by atoms with E-state index < -0.39 is 0 Å². The van der Waals surface area contributed by atoms with Gasteiger partial charge in [-0.1, -0.05) is 6.92 Å². The second kappa shape index (κ2) is 4.45. The second-order valence-electron chi connectivity index (χ2n) is 3.04. The molecule has 0 unspecified atom stereocenters. The maximum Gasteiger partial charge on any atom is 0.323 e. The van der Waals surface area contributed by atoms with Gasteiger partial charge in [0.25, 0.3) is 0 Å². The zero-order valence-corrected chi connectivity index (χ0v) is 7.88. The highest BCUT2D eigenvalue weighted by molar-refractivity contribution is 5.76. The SMILES string of the molecule is CCOC(=O)[C@@H]1CCCN1CC. The molecule has 12 heavy (non-hydrogen) atoms. The Morgan fingerprint density at radius 2 is 2.33 bits per heavy atom. The van der Waals surface area contributed by atoms with Gasteiger partial charge in [0.2, 0.25) is 0 Å². The fourth-order valence-corrected chi connectivity index (χ4v) is 1.71. The Bertz CT molecular complexity index is 159. The zero-order chi connectivity index (χ0) is 8.97. The molecule has 0 aromatic heterocycles. The van der Waals surface area contributed by atoms with Crippen LogP contribution in [-0.2, 0) is 9.53 Å². The summed E-state index contributed by atoms with van der Waals surface area (Å²) < 4.78 is 4.98. The number of hydrogen-bond acceptors (Lipinski definition) is 3. The van der Waals surface area contributed by atoms with Crippen LogP contribution in [0, 0.1) is 0 Å². The predicted octanol–water partition coefficient (Wildman–Crippen LogP) is 1.03. The van der Waals surface area contributed by atoms with Crippen LogP contribution in [0.4, 0.5) is 0 Å². The molecular formula is C9H17NO2. The number of esters is 1. The van der Waals surface area contributed by atoms with E-state index >= 15 is 0 Å². The Balaban J connectivity index is 2.43. The van der Waals surface area contributed by atoms with Crippen molar-refractivity contribution in [2.45, 2.75) is 32.7 Å². The summed E-state index contributed by atoms with van der Waals surface area (Å²) in [5.74, 6) is -0.0446. The van der Waals surface area contributed by atoms with Gasteiger partial charge < -0.3 is 4.74 Å². The first kappa shape index (κ1) is 9.52. The molecule has 1 aliphatic rings. The number of nitrogens with zero attached hydrogens (tertiary/aromatic N) is 1. The minimum atomic E-state index is -0.0446. The Morgan fingerprint density at radius 1 is 1.58 bits per heavy atom. The number of rotatable bonds is 3. The minimum absolute atomic E-state index is 0.0370. The first-order valence-corrected chi connectivity index (χ1v) is 4.70. The maximum atomic E-state index is 11.4. The highest BCUT2D eigenvalue weighted by atomic mass is 16.5. The molecule has 1 atom stereocenters. The van der Waals surface area contributed by atoms with E-state index in [2.05, 4.69) is 11.8 Å². The molecule has 3 heteroatoms. The van der Waals surface area contributed by atoms with Crippen LogP contribution in [0.1, 0.15) is 26.7 Å². The topological polar surface area (TPSA) is 29.5 Å². The fraction of sp³-hybridized carbons (Fsp3) is 0.889. The average Bonchev–Trinajstić information content (AvgIpc) is 2.51. The molecule has 1 rings (SSSR count). The van der Waals surface area contributed by atoms with E-state index in [1.807, 2.05) is 6.92 Å². The van der Waals surface area contributed by atoms with E-state index in [0.717, 1.165) is 25.9 Å². The highest BCUT2D eigenvalue weighted by Crippen LogP contribution is 2.17. The summed E-state index contributed by atoms with van der Waals surface area (Å²) in [5.41, 5.74) is 0. The van der Waals surface area contributed by atoms with E-state index in [0.29, 0.717) is 6.61 Å². The summed E-state index contributed by atoms with van der Waals surface area (Å²) in [4.78, 5) is 13.5. The number of ether oxygens (including phenoxy) is 1. The first-order chi connectivity index (χ1) is 5.79. The summed E-state index contributed by atoms with van der Waals surface area (Å²) in [6, 6.07) is 0.0370. The van der Waals surface area contributed by atoms with Crippen molar-refractivity contribution in [3.63, 3.8) is 0 Å². The number of likely N-dealkylation sites (tertiary alicyclic amines) is 1. The second-order valence-corrected chi connectivity index (χ2v) is 3.04. The van der Waals surface area contributed by atoms with Gasteiger partial charge in [-0.05, 0) is 32.9 Å². The van der Waals surface area contributed by atoms with Crippen molar-refractivity contribution < 1.29 is 9.53 Å². The van der Waals surface area contributed by atoms with Gasteiger partial charge in [0, 0.05) is 0 Å². The van der Waals surface area contributed by atoms with E-state index in [4.69, 9.17) is 4.74 Å². The molecule has 1 saturated heterocycles. The Morgan fingerprint density at radius 3 is 2.92 bits per heavy atom. The average molecular weight is 171 g/mol. The molecule has 1 fully saturated rings. The third kappa shape index (κ3) is 1.97. The van der Waals surface area contributed by atoms with Gasteiger partial charge in [0.15, 0.2) is 0 Å². The van der Waals surface area contributed by atoms with Crippen LogP contribution in [0.2, 0.25) is 0 Å². The molecule has 0 aromatic carbocycles. The van der Waals surface area contributed by atoms with Crippen LogP contribution in [0.15, 0.2) is 0 Å². The standard InChI is InChI=1S/C9H17NO2/c1-3-10-7-5-6-8(10)9(11)12-4-2/h8H,3-7H2,1-2H3/t8-/m0/s1.